The lowest BCUT2D eigenvalue weighted by molar-refractivity contribution is -0.123. The van der Waals surface area contributed by atoms with Gasteiger partial charge in [-0.2, -0.15) is 0 Å². The lowest BCUT2D eigenvalue weighted by Crippen LogP contribution is -2.44. The van der Waals surface area contributed by atoms with Crippen LogP contribution < -0.4 is 11.1 Å². The number of amides is 1. The second-order valence-corrected chi connectivity index (χ2v) is 4.61. The van der Waals surface area contributed by atoms with E-state index < -0.39 is 6.04 Å². The highest BCUT2D eigenvalue weighted by Gasteiger charge is 2.12. The highest BCUT2D eigenvalue weighted by Crippen LogP contribution is 2.08. The second-order valence-electron chi connectivity index (χ2n) is 4.61. The van der Waals surface area contributed by atoms with Gasteiger partial charge >= 0.3 is 0 Å². The van der Waals surface area contributed by atoms with Crippen LogP contribution in [0, 0.1) is 0 Å². The van der Waals surface area contributed by atoms with Crippen molar-refractivity contribution in [2.45, 2.75) is 31.7 Å². The van der Waals surface area contributed by atoms with E-state index >= 15 is 0 Å². The summed E-state index contributed by atoms with van der Waals surface area (Å²) in [5.74, 6) is -0.120. The molecule has 1 unspecified atom stereocenters. The summed E-state index contributed by atoms with van der Waals surface area (Å²) in [7, 11) is 1.55. The van der Waals surface area contributed by atoms with Crippen LogP contribution in [-0.4, -0.2) is 56.7 Å². The quantitative estimate of drug-likeness (QED) is 0.615. The van der Waals surface area contributed by atoms with E-state index in [0.717, 1.165) is 13.0 Å². The molecule has 1 amide bonds. The van der Waals surface area contributed by atoms with Crippen LogP contribution in [0.4, 0.5) is 0 Å². The maximum atomic E-state index is 11.5. The van der Waals surface area contributed by atoms with E-state index in [0.29, 0.717) is 6.54 Å². The molecule has 0 radical (unpaired) electrons. The molecular weight excluding hydrogens is 218 g/mol. The monoisotopic (exact) mass is 243 g/mol. The number of nitrogens with zero attached hydrogens (tertiary/aromatic N) is 1. The van der Waals surface area contributed by atoms with Crippen molar-refractivity contribution >= 4 is 5.91 Å². The Morgan fingerprint density at radius 3 is 2.76 bits per heavy atom. The van der Waals surface area contributed by atoms with Gasteiger partial charge in [0.25, 0.3) is 0 Å². The van der Waals surface area contributed by atoms with Crippen LogP contribution in [0.2, 0.25) is 0 Å². The summed E-state index contributed by atoms with van der Waals surface area (Å²) in [6.07, 6.45) is 4.97. The van der Waals surface area contributed by atoms with Crippen LogP contribution in [-0.2, 0) is 9.53 Å². The van der Waals surface area contributed by atoms with Gasteiger partial charge in [-0.1, -0.05) is 6.42 Å². The number of carbonyl (C=O) groups is 1. The molecule has 1 atom stereocenters. The number of likely N-dealkylation sites (tertiary alicyclic amines) is 1. The van der Waals surface area contributed by atoms with E-state index in [2.05, 4.69) is 10.2 Å². The zero-order valence-electron chi connectivity index (χ0n) is 10.8. The predicted molar refractivity (Wildman–Crippen MR) is 67.8 cm³/mol. The van der Waals surface area contributed by atoms with Crippen LogP contribution in [0.25, 0.3) is 0 Å². The fourth-order valence-electron chi connectivity index (χ4n) is 2.08. The Labute approximate surface area is 104 Å². The molecule has 100 valence electrons. The van der Waals surface area contributed by atoms with E-state index in [-0.39, 0.29) is 12.5 Å². The molecule has 1 heterocycles. The molecule has 1 rings (SSSR count). The van der Waals surface area contributed by atoms with Crippen LogP contribution in [0.15, 0.2) is 0 Å². The highest BCUT2D eigenvalue weighted by molar-refractivity contribution is 5.81. The molecule has 5 heteroatoms. The average molecular weight is 243 g/mol. The van der Waals surface area contributed by atoms with Crippen LogP contribution in [0.5, 0.6) is 0 Å². The number of hydrogen-bond acceptors (Lipinski definition) is 4. The highest BCUT2D eigenvalue weighted by atomic mass is 16.5. The fourth-order valence-corrected chi connectivity index (χ4v) is 2.08. The molecule has 0 aromatic carbocycles. The van der Waals surface area contributed by atoms with Crippen molar-refractivity contribution in [2.24, 2.45) is 5.73 Å². The molecule has 1 aliphatic rings. The molecule has 0 aromatic heterocycles. The molecule has 0 spiro atoms. The minimum Gasteiger partial charge on any atom is -0.383 e. The number of nitrogens with one attached hydrogen (secondary N) is 1. The second kappa shape index (κ2) is 8.44. The van der Waals surface area contributed by atoms with Gasteiger partial charge < -0.3 is 20.7 Å². The Bertz CT molecular complexity index is 218. The van der Waals surface area contributed by atoms with Gasteiger partial charge in [-0.25, -0.2) is 0 Å². The summed E-state index contributed by atoms with van der Waals surface area (Å²) in [6, 6.07) is -0.546. The fraction of sp³-hybridized carbons (Fsp3) is 0.917. The average Bonchev–Trinajstić information content (AvgIpc) is 2.36. The van der Waals surface area contributed by atoms with E-state index in [1.807, 2.05) is 0 Å². The number of hydrogen-bond donors (Lipinski definition) is 2. The molecule has 1 fully saturated rings. The number of ether oxygens (including phenoxy) is 1. The van der Waals surface area contributed by atoms with Crippen LogP contribution >= 0.6 is 0 Å². The molecule has 5 nitrogen and oxygen atoms in total. The SMILES string of the molecule is COCC(N)C(=O)NCCCN1CCCCC1. The molecule has 0 saturated carbocycles. The number of piperidine rings is 1. The minimum atomic E-state index is -0.546. The summed E-state index contributed by atoms with van der Waals surface area (Å²) in [5.41, 5.74) is 5.61. The zero-order valence-corrected chi connectivity index (χ0v) is 10.8. The minimum absolute atomic E-state index is 0.120. The van der Waals surface area contributed by atoms with Crippen molar-refractivity contribution in [3.63, 3.8) is 0 Å². The topological polar surface area (TPSA) is 67.6 Å². The summed E-state index contributed by atoms with van der Waals surface area (Å²) in [4.78, 5) is 13.9. The number of rotatable bonds is 7. The molecule has 17 heavy (non-hydrogen) atoms. The normalized spacial score (nSPS) is 18.9. The number of carbonyl (C=O) groups excluding carboxylic acids is 1. The van der Waals surface area contributed by atoms with E-state index in [1.54, 1.807) is 7.11 Å². The lowest BCUT2D eigenvalue weighted by atomic mass is 10.1. The third-order valence-corrected chi connectivity index (χ3v) is 3.08. The number of nitrogens with two attached hydrogens (primary N) is 1. The summed E-state index contributed by atoms with van der Waals surface area (Å²) < 4.78 is 4.83. The van der Waals surface area contributed by atoms with Gasteiger partial charge in [0.1, 0.15) is 6.04 Å². The first-order valence-electron chi connectivity index (χ1n) is 6.48. The Kier molecular flexibility index (Phi) is 7.16. The van der Waals surface area contributed by atoms with Gasteiger partial charge in [-0.3, -0.25) is 4.79 Å². The summed E-state index contributed by atoms with van der Waals surface area (Å²) in [5, 5.41) is 2.84. The van der Waals surface area contributed by atoms with Gasteiger partial charge in [0.2, 0.25) is 5.91 Å². The molecule has 1 aliphatic heterocycles. The maximum absolute atomic E-state index is 11.5. The summed E-state index contributed by atoms with van der Waals surface area (Å²) >= 11 is 0. The Morgan fingerprint density at radius 1 is 1.41 bits per heavy atom. The van der Waals surface area contributed by atoms with Crippen molar-refractivity contribution < 1.29 is 9.53 Å². The van der Waals surface area contributed by atoms with E-state index in [9.17, 15) is 4.79 Å². The molecule has 1 saturated heterocycles. The maximum Gasteiger partial charge on any atom is 0.239 e. The largest absolute Gasteiger partial charge is 0.383 e. The first kappa shape index (κ1) is 14.4. The molecule has 3 N–H and O–H groups in total. The molecular formula is C12H25N3O2. The molecule has 0 aliphatic carbocycles. The van der Waals surface area contributed by atoms with Gasteiger partial charge in [0.15, 0.2) is 0 Å². The zero-order chi connectivity index (χ0) is 12.5. The summed E-state index contributed by atoms with van der Waals surface area (Å²) in [6.45, 7) is 4.46. The van der Waals surface area contributed by atoms with Crippen molar-refractivity contribution in [1.29, 1.82) is 0 Å². The predicted octanol–water partition coefficient (Wildman–Crippen LogP) is -0.0477. The first-order chi connectivity index (χ1) is 8.24. The molecule has 0 bridgehead atoms. The van der Waals surface area contributed by atoms with Gasteiger partial charge in [-0.15, -0.1) is 0 Å². The van der Waals surface area contributed by atoms with E-state index in [4.69, 9.17) is 10.5 Å². The lowest BCUT2D eigenvalue weighted by Gasteiger charge is -2.26. The van der Waals surface area contributed by atoms with Crippen molar-refractivity contribution in [1.82, 2.24) is 10.2 Å². The number of methoxy groups -OCH3 is 1. The third-order valence-electron chi connectivity index (χ3n) is 3.08. The molecule has 0 aromatic rings. The third kappa shape index (κ3) is 6.00. The van der Waals surface area contributed by atoms with Crippen LogP contribution in [0.1, 0.15) is 25.7 Å². The van der Waals surface area contributed by atoms with Gasteiger partial charge in [-0.05, 0) is 38.9 Å². The Balaban J connectivity index is 2.01. The first-order valence-corrected chi connectivity index (χ1v) is 6.48. The smallest absolute Gasteiger partial charge is 0.239 e. The Morgan fingerprint density at radius 2 is 2.12 bits per heavy atom. The van der Waals surface area contributed by atoms with Gasteiger partial charge in [0.05, 0.1) is 6.61 Å². The van der Waals surface area contributed by atoms with Crippen molar-refractivity contribution in [2.75, 3.05) is 39.9 Å². The van der Waals surface area contributed by atoms with Gasteiger partial charge in [0, 0.05) is 13.7 Å². The van der Waals surface area contributed by atoms with Crippen molar-refractivity contribution in [3.8, 4) is 0 Å². The van der Waals surface area contributed by atoms with Crippen LogP contribution in [0.3, 0.4) is 0 Å². The Hall–Kier alpha value is -0.650. The van der Waals surface area contributed by atoms with E-state index in [1.165, 1.54) is 32.4 Å². The standard InChI is InChI=1S/C12H25N3O2/c1-17-10-11(13)12(16)14-6-5-9-15-7-3-2-4-8-15/h11H,2-10,13H2,1H3,(H,14,16). The van der Waals surface area contributed by atoms with Crippen molar-refractivity contribution in [3.05, 3.63) is 0 Å².